The fourth-order valence-corrected chi connectivity index (χ4v) is 11.8. The maximum Gasteiger partial charge on any atom is 0.0601 e. The van der Waals surface area contributed by atoms with E-state index in [9.17, 15) is 0 Å². The normalized spacial score (nSPS) is 11.9. The van der Waals surface area contributed by atoms with Crippen LogP contribution in [0.4, 0.5) is 17.1 Å². The third kappa shape index (κ3) is 10.4. The molecule has 14 rings (SSSR count). The van der Waals surface area contributed by atoms with Gasteiger partial charge in [0, 0.05) is 32.1 Å². The molecule has 12 aromatic rings. The van der Waals surface area contributed by atoms with Crippen molar-refractivity contribution in [2.45, 2.75) is 77.5 Å². The number of para-hydroxylation sites is 3. The van der Waals surface area contributed by atoms with E-state index in [0.717, 1.165) is 11.4 Å². The minimum atomic E-state index is 0.545. The van der Waals surface area contributed by atoms with Crippen LogP contribution in [0.15, 0.2) is 241 Å². The predicted octanol–water partition coefficient (Wildman–Crippen LogP) is 22.2. The Morgan fingerprint density at radius 3 is 1.75 bits per heavy atom. The van der Waals surface area contributed by atoms with Gasteiger partial charge in [0.1, 0.15) is 0 Å². The minimum absolute atomic E-state index is 0.545. The molecule has 0 N–H and O–H groups in total. The van der Waals surface area contributed by atoms with Crippen molar-refractivity contribution in [1.82, 2.24) is 4.57 Å². The molecule has 0 fully saturated rings. The van der Waals surface area contributed by atoms with Gasteiger partial charge >= 0.3 is 0 Å². The lowest BCUT2D eigenvalue weighted by molar-refractivity contribution is 0.861. The summed E-state index contributed by atoms with van der Waals surface area (Å²) in [5, 5.41) is 9.75. The van der Waals surface area contributed by atoms with Gasteiger partial charge in [0.2, 0.25) is 0 Å². The monoisotopic (exact) mass is 1020 g/mol. The average molecular weight is 1020 g/mol. The quantitative estimate of drug-likeness (QED) is 0.147. The summed E-state index contributed by atoms with van der Waals surface area (Å²) in [6.07, 6.45) is 7.40. The lowest BCUT2D eigenvalue weighted by Crippen LogP contribution is -2.14. The topological polar surface area (TPSA) is 8.17 Å². The Balaban J connectivity index is 0.000000133. The Morgan fingerprint density at radius 2 is 1.09 bits per heavy atom. The van der Waals surface area contributed by atoms with Crippen LogP contribution in [0, 0.1) is 6.92 Å². The standard InChI is InChI=1S/C32H27N.C21H19NS.C17H10.2C2H6/c1-4-8-29-30-9-6-7-10-32(30)33(31(29)5-2)28-21-19-27(20-22-28)26-17-15-25(16-18-26)24-13-11-23(3)12-14-24;1-15(2)16-12-13-19-21(14-16)23-20-11-7-6-10-18(20)22(19)17-8-4-3-5-9-17;1-2-10-4-5-12-8-13-9-15(13)14-7-6-11(3-1)16(10)17(12)14;2*1-2/h4-22H,2H2,1,3H3;3-15H,1-2H3;1-8H,9H2;2*1-2H3/b8-4-;;;;. The number of hydrogen-bond acceptors (Lipinski definition) is 2. The number of aromatic nitrogens is 1. The third-order valence-electron chi connectivity index (χ3n) is 14.5. The van der Waals surface area contributed by atoms with E-state index in [1.54, 1.807) is 5.56 Å². The highest BCUT2D eigenvalue weighted by Crippen LogP contribution is 2.52. The third-order valence-corrected chi connectivity index (χ3v) is 15.6. The van der Waals surface area contributed by atoms with Crippen molar-refractivity contribution in [2.24, 2.45) is 0 Å². The molecule has 2 nitrogen and oxygen atoms in total. The maximum absolute atomic E-state index is 4.10. The number of benzene rings is 11. The van der Waals surface area contributed by atoms with Crippen LogP contribution >= 0.6 is 11.8 Å². The molecule has 11 aromatic carbocycles. The van der Waals surface area contributed by atoms with Crippen LogP contribution in [-0.4, -0.2) is 4.57 Å². The van der Waals surface area contributed by atoms with Gasteiger partial charge < -0.3 is 9.47 Å². The second kappa shape index (κ2) is 23.3. The second-order valence-electron chi connectivity index (χ2n) is 19.5. The molecule has 1 aliphatic carbocycles. The van der Waals surface area contributed by atoms with Gasteiger partial charge in [0.15, 0.2) is 0 Å². The highest BCUT2D eigenvalue weighted by Gasteiger charge is 2.26. The van der Waals surface area contributed by atoms with Gasteiger partial charge in [-0.1, -0.05) is 241 Å². The lowest BCUT2D eigenvalue weighted by Gasteiger charge is -2.33. The lowest BCUT2D eigenvalue weighted by atomic mass is 9.94. The van der Waals surface area contributed by atoms with E-state index < -0.39 is 0 Å². The highest BCUT2D eigenvalue weighted by atomic mass is 32.2. The summed E-state index contributed by atoms with van der Waals surface area (Å²) in [7, 11) is 0. The molecule has 1 aromatic heterocycles. The van der Waals surface area contributed by atoms with E-state index in [0.29, 0.717) is 5.92 Å². The zero-order valence-electron chi connectivity index (χ0n) is 45.8. The molecule has 0 saturated heterocycles. The molecule has 2 heterocycles. The number of fused-ring (bicyclic) bond motifs is 5. The van der Waals surface area contributed by atoms with Crippen LogP contribution in [0.3, 0.4) is 0 Å². The second-order valence-corrected chi connectivity index (χ2v) is 20.6. The molecule has 380 valence electrons. The molecule has 0 spiro atoms. The number of aryl methyl sites for hydroxylation is 1. The van der Waals surface area contributed by atoms with Crippen molar-refractivity contribution >= 4 is 84.2 Å². The minimum Gasteiger partial charge on any atom is -0.309 e. The van der Waals surface area contributed by atoms with E-state index in [1.807, 2.05) is 45.5 Å². The van der Waals surface area contributed by atoms with Crippen molar-refractivity contribution < 1.29 is 0 Å². The van der Waals surface area contributed by atoms with Crippen molar-refractivity contribution in [3.8, 4) is 27.9 Å². The molecular formula is C74H68N2S. The predicted molar refractivity (Wildman–Crippen MR) is 339 cm³/mol. The summed E-state index contributed by atoms with van der Waals surface area (Å²) in [6, 6.07) is 79.0. The van der Waals surface area contributed by atoms with Crippen LogP contribution in [0.25, 0.3) is 83.3 Å². The average Bonchev–Trinajstić information content (AvgIpc) is 4.34. The number of rotatable bonds is 7. The zero-order valence-corrected chi connectivity index (χ0v) is 46.6. The first-order valence-electron chi connectivity index (χ1n) is 27.5. The Hall–Kier alpha value is -8.37. The van der Waals surface area contributed by atoms with Gasteiger partial charge in [-0.3, -0.25) is 0 Å². The molecule has 0 saturated carbocycles. The van der Waals surface area contributed by atoms with Gasteiger partial charge in [-0.25, -0.2) is 0 Å². The summed E-state index contributed by atoms with van der Waals surface area (Å²) >= 11 is 1.87. The van der Waals surface area contributed by atoms with E-state index in [2.05, 4.69) is 274 Å². The summed E-state index contributed by atoms with van der Waals surface area (Å²) in [6.45, 7) is 20.8. The Morgan fingerprint density at radius 1 is 0.506 bits per heavy atom. The maximum atomic E-state index is 4.10. The number of nitrogens with zero attached hydrogens (tertiary/aromatic N) is 2. The number of anilines is 3. The molecule has 0 amide bonds. The SMILES string of the molecule is C=Cc1c(/C=C\C)c2ccccc2n1-c1ccc(-c2ccc(-c3ccc(C)cc3)cc2)cc1.CC.CC.CC(C)c1ccc2c(c1)Sc1ccccc1N2c1ccccc1.c1cc2ccc3cc4c(c5ccc(c1)c2c35)C4. The van der Waals surface area contributed by atoms with E-state index >= 15 is 0 Å². The number of allylic oxidation sites excluding steroid dienone is 1. The van der Waals surface area contributed by atoms with Crippen molar-refractivity contribution in [3.63, 3.8) is 0 Å². The molecule has 3 heteroatoms. The summed E-state index contributed by atoms with van der Waals surface area (Å²) in [4.78, 5) is 5.01. The van der Waals surface area contributed by atoms with E-state index in [4.69, 9.17) is 0 Å². The van der Waals surface area contributed by atoms with E-state index in [-0.39, 0.29) is 0 Å². The van der Waals surface area contributed by atoms with Gasteiger partial charge in [-0.15, -0.1) is 0 Å². The molecule has 0 unspecified atom stereocenters. The largest absolute Gasteiger partial charge is 0.309 e. The van der Waals surface area contributed by atoms with E-state index in [1.165, 1.54) is 121 Å². The fraction of sp³-hybridized carbons (Fsp3) is 0.135. The Kier molecular flexibility index (Phi) is 15.7. The zero-order chi connectivity index (χ0) is 53.6. The van der Waals surface area contributed by atoms with Crippen molar-refractivity contribution in [2.75, 3.05) is 4.90 Å². The van der Waals surface area contributed by atoms with Gasteiger partial charge in [-0.05, 0) is 158 Å². The van der Waals surface area contributed by atoms with Crippen LogP contribution in [0.1, 0.15) is 87.9 Å². The van der Waals surface area contributed by atoms with Gasteiger partial charge in [0.25, 0.3) is 0 Å². The molecule has 0 radical (unpaired) electrons. The van der Waals surface area contributed by atoms with Crippen LogP contribution in [0.2, 0.25) is 0 Å². The van der Waals surface area contributed by atoms with Gasteiger partial charge in [-0.2, -0.15) is 0 Å². The summed E-state index contributed by atoms with van der Waals surface area (Å²) < 4.78 is 2.29. The highest BCUT2D eigenvalue weighted by molar-refractivity contribution is 7.99. The first-order chi connectivity index (χ1) is 37.8. The molecular weight excluding hydrogens is 949 g/mol. The van der Waals surface area contributed by atoms with Crippen molar-refractivity contribution in [1.29, 1.82) is 0 Å². The van der Waals surface area contributed by atoms with Crippen molar-refractivity contribution in [3.05, 3.63) is 265 Å². The molecule has 2 aliphatic rings. The molecule has 1 aliphatic heterocycles. The van der Waals surface area contributed by atoms with Gasteiger partial charge in [0.05, 0.1) is 22.6 Å². The number of hydrogen-bond donors (Lipinski definition) is 0. The van der Waals surface area contributed by atoms with Crippen LogP contribution < -0.4 is 4.90 Å². The smallest absolute Gasteiger partial charge is 0.0601 e. The Labute approximate surface area is 461 Å². The molecule has 0 bridgehead atoms. The van der Waals surface area contributed by atoms with Crippen LogP contribution in [0.5, 0.6) is 0 Å². The summed E-state index contributed by atoms with van der Waals surface area (Å²) in [5.41, 5.74) is 19.1. The summed E-state index contributed by atoms with van der Waals surface area (Å²) in [5.74, 6) is 0.545. The van der Waals surface area contributed by atoms with Crippen LogP contribution in [-0.2, 0) is 6.42 Å². The molecule has 0 atom stereocenters. The molecule has 77 heavy (non-hydrogen) atoms. The first-order valence-corrected chi connectivity index (χ1v) is 28.3. The Bertz CT molecular complexity index is 3990. The fourth-order valence-electron chi connectivity index (χ4n) is 10.7. The first kappa shape index (κ1) is 52.1.